The summed E-state index contributed by atoms with van der Waals surface area (Å²) < 4.78 is 27.4. The highest BCUT2D eigenvalue weighted by molar-refractivity contribution is 14.0. The fourth-order valence-electron chi connectivity index (χ4n) is 3.93. The summed E-state index contributed by atoms with van der Waals surface area (Å²) in [5, 5.41) is 3.43. The summed E-state index contributed by atoms with van der Waals surface area (Å²) in [5.41, 5.74) is 3.13. The van der Waals surface area contributed by atoms with Gasteiger partial charge in [0.15, 0.2) is 5.96 Å². The first-order valence-corrected chi connectivity index (χ1v) is 12.1. The predicted molar refractivity (Wildman–Crippen MR) is 138 cm³/mol. The molecule has 0 aromatic heterocycles. The first-order valence-electron chi connectivity index (χ1n) is 10.5. The second-order valence-electron chi connectivity index (χ2n) is 8.04. The van der Waals surface area contributed by atoms with Crippen molar-refractivity contribution in [3.63, 3.8) is 0 Å². The van der Waals surface area contributed by atoms with Crippen LogP contribution in [0.15, 0.2) is 59.6 Å². The fourth-order valence-corrected chi connectivity index (χ4v) is 5.43. The Morgan fingerprint density at radius 1 is 1.10 bits per heavy atom. The fraction of sp³-hybridized carbons (Fsp3) is 0.435. The molecule has 2 aromatic rings. The Bertz CT molecular complexity index is 965. The number of guanidine groups is 1. The van der Waals surface area contributed by atoms with Gasteiger partial charge in [-0.3, -0.25) is 4.99 Å². The highest BCUT2D eigenvalue weighted by atomic mass is 127. The lowest BCUT2D eigenvalue weighted by atomic mass is 9.99. The van der Waals surface area contributed by atoms with Crippen LogP contribution in [0.2, 0.25) is 0 Å². The molecule has 0 saturated carbocycles. The molecule has 3 rings (SSSR count). The van der Waals surface area contributed by atoms with Gasteiger partial charge in [-0.25, -0.2) is 13.1 Å². The highest BCUT2D eigenvalue weighted by Crippen LogP contribution is 2.27. The highest BCUT2D eigenvalue weighted by Gasteiger charge is 2.26. The molecule has 1 aliphatic rings. The molecule has 1 aliphatic heterocycles. The first kappa shape index (κ1) is 25.6. The van der Waals surface area contributed by atoms with Crippen LogP contribution in [0.25, 0.3) is 0 Å². The van der Waals surface area contributed by atoms with Crippen LogP contribution in [-0.4, -0.2) is 45.5 Å². The third kappa shape index (κ3) is 7.47. The van der Waals surface area contributed by atoms with E-state index in [1.165, 1.54) is 5.56 Å². The van der Waals surface area contributed by atoms with E-state index in [2.05, 4.69) is 44.2 Å². The van der Waals surface area contributed by atoms with Gasteiger partial charge in [-0.2, -0.15) is 0 Å². The van der Waals surface area contributed by atoms with Crippen molar-refractivity contribution in [1.29, 1.82) is 0 Å². The van der Waals surface area contributed by atoms with E-state index in [1.54, 1.807) is 7.05 Å². The molecule has 0 radical (unpaired) electrons. The third-order valence-electron chi connectivity index (χ3n) is 5.29. The summed E-state index contributed by atoms with van der Waals surface area (Å²) in [6.45, 7) is 6.07. The number of sulfonamides is 1. The van der Waals surface area contributed by atoms with Crippen molar-refractivity contribution in [2.24, 2.45) is 4.99 Å². The van der Waals surface area contributed by atoms with Crippen molar-refractivity contribution in [1.82, 2.24) is 14.9 Å². The standard InChI is InChI=1S/C23H32N4O2S.HI/c1-18(2)26-30(28,29)17-22-12-8-7-11-20(22)15-25-23(24-3)27-14-13-21(16-27)19-9-5-4-6-10-19;/h4-12,18,21,26H,13-17H2,1-3H3,(H,24,25);1H. The normalized spacial score (nSPS) is 17.0. The molecule has 8 heteroatoms. The molecular weight excluding hydrogens is 523 g/mol. The summed E-state index contributed by atoms with van der Waals surface area (Å²) in [4.78, 5) is 6.73. The van der Waals surface area contributed by atoms with Crippen molar-refractivity contribution < 1.29 is 8.42 Å². The molecule has 0 amide bonds. The van der Waals surface area contributed by atoms with Gasteiger partial charge in [0, 0.05) is 38.6 Å². The average Bonchev–Trinajstić information content (AvgIpc) is 3.19. The Balaban J connectivity index is 0.00000341. The maximum absolute atomic E-state index is 12.4. The van der Waals surface area contributed by atoms with Crippen LogP contribution in [0.3, 0.4) is 0 Å². The summed E-state index contributed by atoms with van der Waals surface area (Å²) in [6.07, 6.45) is 1.10. The second-order valence-corrected chi connectivity index (χ2v) is 9.80. The number of likely N-dealkylation sites (tertiary alicyclic amines) is 1. The maximum atomic E-state index is 12.4. The molecule has 1 fully saturated rings. The van der Waals surface area contributed by atoms with Crippen molar-refractivity contribution in [2.45, 2.75) is 44.5 Å². The van der Waals surface area contributed by atoms with E-state index < -0.39 is 10.0 Å². The van der Waals surface area contributed by atoms with Crippen molar-refractivity contribution in [3.05, 3.63) is 71.3 Å². The monoisotopic (exact) mass is 556 g/mol. The summed E-state index contributed by atoms with van der Waals surface area (Å²) in [5.74, 6) is 1.33. The van der Waals surface area contributed by atoms with Gasteiger partial charge < -0.3 is 10.2 Å². The molecule has 1 atom stereocenters. The van der Waals surface area contributed by atoms with Gasteiger partial charge in [-0.05, 0) is 37.0 Å². The number of rotatable bonds is 7. The number of nitrogens with one attached hydrogen (secondary N) is 2. The molecular formula is C23H33IN4O2S. The Kier molecular flexibility index (Phi) is 9.77. The Labute approximate surface area is 203 Å². The van der Waals surface area contributed by atoms with E-state index in [0.29, 0.717) is 12.5 Å². The minimum Gasteiger partial charge on any atom is -0.352 e. The number of hydrogen-bond donors (Lipinski definition) is 2. The Hall–Kier alpha value is -1.65. The lowest BCUT2D eigenvalue weighted by Gasteiger charge is -2.22. The quantitative estimate of drug-likeness (QED) is 0.310. The van der Waals surface area contributed by atoms with Gasteiger partial charge in [0.25, 0.3) is 0 Å². The number of aliphatic imine (C=N–C) groups is 1. The zero-order chi connectivity index (χ0) is 21.6. The summed E-state index contributed by atoms with van der Waals surface area (Å²) in [6, 6.07) is 18.1. The number of nitrogens with zero attached hydrogens (tertiary/aromatic N) is 2. The van der Waals surface area contributed by atoms with E-state index in [-0.39, 0.29) is 35.8 Å². The molecule has 0 bridgehead atoms. The van der Waals surface area contributed by atoms with Crippen molar-refractivity contribution in [2.75, 3.05) is 20.1 Å². The minimum atomic E-state index is -3.37. The van der Waals surface area contributed by atoms with E-state index >= 15 is 0 Å². The largest absolute Gasteiger partial charge is 0.352 e. The zero-order valence-electron chi connectivity index (χ0n) is 18.4. The molecule has 0 aliphatic carbocycles. The molecule has 1 heterocycles. The van der Waals surface area contributed by atoms with Gasteiger partial charge in [0.1, 0.15) is 0 Å². The smallest absolute Gasteiger partial charge is 0.216 e. The van der Waals surface area contributed by atoms with Crippen molar-refractivity contribution >= 4 is 40.0 Å². The maximum Gasteiger partial charge on any atom is 0.216 e. The van der Waals surface area contributed by atoms with Crippen molar-refractivity contribution in [3.8, 4) is 0 Å². The molecule has 1 saturated heterocycles. The van der Waals surface area contributed by atoms with Crippen LogP contribution in [0, 0.1) is 0 Å². The molecule has 0 spiro atoms. The minimum absolute atomic E-state index is 0. The molecule has 1 unspecified atom stereocenters. The third-order valence-corrected chi connectivity index (χ3v) is 6.81. The molecule has 6 nitrogen and oxygen atoms in total. The van der Waals surface area contributed by atoms with Crippen LogP contribution >= 0.6 is 24.0 Å². The van der Waals surface area contributed by atoms with E-state index in [1.807, 2.05) is 44.2 Å². The molecule has 170 valence electrons. The SMILES string of the molecule is CN=C(NCc1ccccc1CS(=O)(=O)NC(C)C)N1CCC(c2ccccc2)C1.I. The average molecular weight is 557 g/mol. The van der Waals surface area contributed by atoms with Crippen LogP contribution in [0.4, 0.5) is 0 Å². The first-order chi connectivity index (χ1) is 14.4. The van der Waals surface area contributed by atoms with Crippen LogP contribution < -0.4 is 10.0 Å². The molecule has 31 heavy (non-hydrogen) atoms. The molecule has 2 N–H and O–H groups in total. The number of hydrogen-bond acceptors (Lipinski definition) is 3. The van der Waals surface area contributed by atoms with Gasteiger partial charge in [0.2, 0.25) is 10.0 Å². The number of halogens is 1. The summed E-state index contributed by atoms with van der Waals surface area (Å²) >= 11 is 0. The van der Waals surface area contributed by atoms with Crippen LogP contribution in [-0.2, 0) is 22.3 Å². The lowest BCUT2D eigenvalue weighted by molar-refractivity contribution is 0.485. The van der Waals surface area contributed by atoms with Gasteiger partial charge in [-0.15, -0.1) is 24.0 Å². The van der Waals surface area contributed by atoms with Gasteiger partial charge in [0.05, 0.1) is 5.75 Å². The van der Waals surface area contributed by atoms with Gasteiger partial charge >= 0.3 is 0 Å². The Morgan fingerprint density at radius 3 is 2.39 bits per heavy atom. The zero-order valence-corrected chi connectivity index (χ0v) is 21.6. The van der Waals surface area contributed by atoms with E-state index in [9.17, 15) is 8.42 Å². The van der Waals surface area contributed by atoms with E-state index in [4.69, 9.17) is 0 Å². The Morgan fingerprint density at radius 2 is 1.74 bits per heavy atom. The predicted octanol–water partition coefficient (Wildman–Crippen LogP) is 3.70. The second kappa shape index (κ2) is 11.8. The lowest BCUT2D eigenvalue weighted by Crippen LogP contribution is -2.39. The van der Waals surface area contributed by atoms with E-state index in [0.717, 1.165) is 36.6 Å². The number of benzene rings is 2. The van der Waals surface area contributed by atoms with Crippen LogP contribution in [0.5, 0.6) is 0 Å². The van der Waals surface area contributed by atoms with Gasteiger partial charge in [-0.1, -0.05) is 54.6 Å². The summed E-state index contributed by atoms with van der Waals surface area (Å²) in [7, 11) is -1.58. The topological polar surface area (TPSA) is 73.8 Å². The molecule has 2 aromatic carbocycles. The van der Waals surface area contributed by atoms with Crippen LogP contribution in [0.1, 0.15) is 42.9 Å².